The number of nitrogens with one attached hydrogen (secondary N) is 2. The zero-order valence-corrected chi connectivity index (χ0v) is 11.3. The Bertz CT molecular complexity index is 399. The van der Waals surface area contributed by atoms with Gasteiger partial charge in [0.2, 0.25) is 0 Å². The number of quaternary nitrogens is 1. The van der Waals surface area contributed by atoms with Crippen LogP contribution in [0.4, 0.5) is 5.69 Å². The molecule has 1 aliphatic heterocycles. The molecule has 3 nitrogen and oxygen atoms in total. The first-order valence-corrected chi connectivity index (χ1v) is 6.86. The molecular formula is C15H23N2O+. The highest BCUT2D eigenvalue weighted by Gasteiger charge is 2.23. The van der Waals surface area contributed by atoms with Crippen LogP contribution in [0.3, 0.4) is 0 Å². The molecule has 1 heterocycles. The van der Waals surface area contributed by atoms with Crippen molar-refractivity contribution in [2.24, 2.45) is 0 Å². The molecule has 2 N–H and O–H groups in total. The second-order valence-corrected chi connectivity index (χ2v) is 5.40. The van der Waals surface area contributed by atoms with Crippen molar-refractivity contribution in [2.75, 3.05) is 18.4 Å². The Labute approximate surface area is 109 Å². The molecule has 1 aromatic rings. The van der Waals surface area contributed by atoms with Gasteiger partial charge in [0.25, 0.3) is 5.91 Å². The monoisotopic (exact) mass is 247 g/mol. The van der Waals surface area contributed by atoms with Crippen LogP contribution in [0.5, 0.6) is 0 Å². The number of carbonyl (C=O) groups is 1. The van der Waals surface area contributed by atoms with Gasteiger partial charge in [-0.15, -0.1) is 0 Å². The molecule has 1 aromatic carbocycles. The van der Waals surface area contributed by atoms with Gasteiger partial charge in [0, 0.05) is 5.69 Å². The first-order valence-electron chi connectivity index (χ1n) is 6.86. The van der Waals surface area contributed by atoms with Gasteiger partial charge in [0.1, 0.15) is 0 Å². The zero-order chi connectivity index (χ0) is 13.0. The number of aryl methyl sites for hydroxylation is 1. The summed E-state index contributed by atoms with van der Waals surface area (Å²) in [5.74, 6) is 0.127. The van der Waals surface area contributed by atoms with Crippen LogP contribution in [0.2, 0.25) is 0 Å². The van der Waals surface area contributed by atoms with E-state index in [0.29, 0.717) is 12.6 Å². The van der Waals surface area contributed by atoms with E-state index in [2.05, 4.69) is 12.2 Å². The third kappa shape index (κ3) is 3.57. The fourth-order valence-corrected chi connectivity index (χ4v) is 2.56. The summed E-state index contributed by atoms with van der Waals surface area (Å²) in [6.45, 7) is 6.01. The van der Waals surface area contributed by atoms with Crippen LogP contribution in [-0.4, -0.2) is 25.0 Å². The van der Waals surface area contributed by atoms with E-state index in [1.54, 1.807) is 0 Å². The van der Waals surface area contributed by atoms with E-state index >= 15 is 0 Å². The molecule has 3 heteroatoms. The maximum atomic E-state index is 12.0. The Balaban J connectivity index is 1.86. The summed E-state index contributed by atoms with van der Waals surface area (Å²) in [6.07, 6.45) is 3.80. The molecule has 0 aliphatic carbocycles. The van der Waals surface area contributed by atoms with E-state index in [1.807, 2.05) is 31.2 Å². The van der Waals surface area contributed by atoms with Crippen molar-refractivity contribution in [3.05, 3.63) is 29.8 Å². The molecule has 0 saturated carbocycles. The molecule has 0 bridgehead atoms. The van der Waals surface area contributed by atoms with Crippen molar-refractivity contribution >= 4 is 11.6 Å². The lowest BCUT2D eigenvalue weighted by Gasteiger charge is -2.29. The smallest absolute Gasteiger partial charge is 0.279 e. The van der Waals surface area contributed by atoms with Crippen molar-refractivity contribution in [1.82, 2.24) is 0 Å². The molecule has 0 spiro atoms. The van der Waals surface area contributed by atoms with Crippen molar-refractivity contribution in [3.63, 3.8) is 0 Å². The van der Waals surface area contributed by atoms with Crippen LogP contribution >= 0.6 is 0 Å². The molecule has 1 aliphatic rings. The maximum Gasteiger partial charge on any atom is 0.279 e. The lowest BCUT2D eigenvalue weighted by molar-refractivity contribution is -0.920. The fourth-order valence-electron chi connectivity index (χ4n) is 2.56. The largest absolute Gasteiger partial charge is 0.325 e. The fraction of sp³-hybridized carbons (Fsp3) is 0.533. The number of piperidine rings is 1. The zero-order valence-electron chi connectivity index (χ0n) is 11.3. The quantitative estimate of drug-likeness (QED) is 0.831. The van der Waals surface area contributed by atoms with Crippen molar-refractivity contribution in [1.29, 1.82) is 0 Å². The molecular weight excluding hydrogens is 224 g/mol. The number of anilines is 1. The Hall–Kier alpha value is -1.35. The summed E-state index contributed by atoms with van der Waals surface area (Å²) in [5.41, 5.74) is 2.11. The van der Waals surface area contributed by atoms with Gasteiger partial charge in [0.05, 0.1) is 12.6 Å². The van der Waals surface area contributed by atoms with E-state index in [0.717, 1.165) is 12.2 Å². The van der Waals surface area contributed by atoms with E-state index < -0.39 is 0 Å². The third-order valence-corrected chi connectivity index (χ3v) is 3.80. The van der Waals surface area contributed by atoms with Crippen LogP contribution in [0.15, 0.2) is 24.3 Å². The second-order valence-electron chi connectivity index (χ2n) is 5.40. The first-order chi connectivity index (χ1) is 8.65. The summed E-state index contributed by atoms with van der Waals surface area (Å²) in [7, 11) is 0. The van der Waals surface area contributed by atoms with E-state index in [4.69, 9.17) is 0 Å². The topological polar surface area (TPSA) is 33.5 Å². The summed E-state index contributed by atoms with van der Waals surface area (Å²) >= 11 is 0. The average Bonchev–Trinajstić information content (AvgIpc) is 2.35. The van der Waals surface area contributed by atoms with Gasteiger partial charge in [-0.3, -0.25) is 4.79 Å². The lowest BCUT2D eigenvalue weighted by Crippen LogP contribution is -3.17. The predicted molar refractivity (Wildman–Crippen MR) is 73.8 cm³/mol. The SMILES string of the molecule is Cc1ccc(NC(=O)C[NH+]2CCCC[C@H]2C)cc1. The van der Waals surface area contributed by atoms with Gasteiger partial charge < -0.3 is 10.2 Å². The lowest BCUT2D eigenvalue weighted by atomic mass is 10.0. The predicted octanol–water partition coefficient (Wildman–Crippen LogP) is 1.39. The number of carbonyl (C=O) groups excluding carboxylic acids is 1. The minimum absolute atomic E-state index is 0.127. The van der Waals surface area contributed by atoms with E-state index in [9.17, 15) is 4.79 Å². The molecule has 1 fully saturated rings. The minimum atomic E-state index is 0.127. The highest BCUT2D eigenvalue weighted by Crippen LogP contribution is 2.08. The molecule has 1 saturated heterocycles. The molecule has 1 unspecified atom stereocenters. The van der Waals surface area contributed by atoms with Crippen molar-refractivity contribution in [3.8, 4) is 0 Å². The molecule has 0 radical (unpaired) electrons. The molecule has 2 rings (SSSR count). The summed E-state index contributed by atoms with van der Waals surface area (Å²) in [6, 6.07) is 8.57. The Morgan fingerprint density at radius 2 is 2.06 bits per heavy atom. The van der Waals surface area contributed by atoms with Gasteiger partial charge in [-0.25, -0.2) is 0 Å². The Morgan fingerprint density at radius 3 is 2.72 bits per heavy atom. The first kappa shape index (κ1) is 13.1. The Morgan fingerprint density at radius 1 is 1.33 bits per heavy atom. The molecule has 1 amide bonds. The van der Waals surface area contributed by atoms with Crippen LogP contribution in [-0.2, 0) is 4.79 Å². The molecule has 0 aromatic heterocycles. The molecule has 18 heavy (non-hydrogen) atoms. The Kier molecular flexibility index (Phi) is 4.37. The van der Waals surface area contributed by atoms with Gasteiger partial charge in [0.15, 0.2) is 6.54 Å². The normalized spacial score (nSPS) is 23.7. The van der Waals surface area contributed by atoms with E-state index in [1.165, 1.54) is 29.7 Å². The van der Waals surface area contributed by atoms with Gasteiger partial charge in [-0.2, -0.15) is 0 Å². The summed E-state index contributed by atoms with van der Waals surface area (Å²) in [4.78, 5) is 13.4. The van der Waals surface area contributed by atoms with Gasteiger partial charge in [-0.05, 0) is 45.2 Å². The summed E-state index contributed by atoms with van der Waals surface area (Å²) in [5, 5.41) is 2.98. The standard InChI is InChI=1S/C15H22N2O/c1-12-6-8-14(9-7-12)16-15(18)11-17-10-4-3-5-13(17)2/h6-9,13H,3-5,10-11H2,1-2H3,(H,16,18)/p+1/t13-/m1/s1. The summed E-state index contributed by atoms with van der Waals surface area (Å²) < 4.78 is 0. The highest BCUT2D eigenvalue weighted by molar-refractivity contribution is 5.91. The van der Waals surface area contributed by atoms with E-state index in [-0.39, 0.29) is 5.91 Å². The molecule has 2 atom stereocenters. The van der Waals surface area contributed by atoms with Crippen LogP contribution in [0.1, 0.15) is 31.7 Å². The van der Waals surface area contributed by atoms with Gasteiger partial charge >= 0.3 is 0 Å². The third-order valence-electron chi connectivity index (χ3n) is 3.80. The minimum Gasteiger partial charge on any atom is -0.325 e. The van der Waals surface area contributed by atoms with Crippen LogP contribution in [0, 0.1) is 6.92 Å². The van der Waals surface area contributed by atoms with Crippen molar-refractivity contribution < 1.29 is 9.69 Å². The number of amides is 1. The number of rotatable bonds is 3. The molecule has 98 valence electrons. The number of likely N-dealkylation sites (tertiary alicyclic amines) is 1. The number of benzene rings is 1. The van der Waals surface area contributed by atoms with Gasteiger partial charge in [-0.1, -0.05) is 17.7 Å². The van der Waals surface area contributed by atoms with Crippen LogP contribution in [0.25, 0.3) is 0 Å². The second kappa shape index (κ2) is 6.01. The average molecular weight is 247 g/mol. The van der Waals surface area contributed by atoms with Crippen LogP contribution < -0.4 is 10.2 Å². The highest BCUT2D eigenvalue weighted by atomic mass is 16.2. The number of hydrogen-bond donors (Lipinski definition) is 2. The number of hydrogen-bond acceptors (Lipinski definition) is 1. The van der Waals surface area contributed by atoms with Crippen molar-refractivity contribution in [2.45, 2.75) is 39.2 Å². The maximum absolute atomic E-state index is 12.0.